The van der Waals surface area contributed by atoms with Crippen molar-refractivity contribution in [3.63, 3.8) is 0 Å². The molecule has 0 aliphatic carbocycles. The van der Waals surface area contributed by atoms with Crippen molar-refractivity contribution in [2.45, 2.75) is 38.2 Å². The average Bonchev–Trinajstić information content (AvgIpc) is 2.73. The maximum atomic E-state index is 12.9. The molecule has 7 heteroatoms. The van der Waals surface area contributed by atoms with Crippen molar-refractivity contribution in [1.82, 2.24) is 4.31 Å². The monoisotopic (exact) mass is 417 g/mol. The number of rotatable bonds is 6. The molecule has 156 valence electrons. The van der Waals surface area contributed by atoms with Crippen molar-refractivity contribution in [2.75, 3.05) is 26.3 Å². The van der Waals surface area contributed by atoms with Crippen LogP contribution in [0.5, 0.6) is 0 Å². The third kappa shape index (κ3) is 5.04. The van der Waals surface area contributed by atoms with Gasteiger partial charge in [-0.15, -0.1) is 0 Å². The van der Waals surface area contributed by atoms with Crippen LogP contribution in [0.4, 0.5) is 0 Å². The Kier molecular flexibility index (Phi) is 6.72. The number of aryl methyl sites for hydroxylation is 1. The Morgan fingerprint density at radius 3 is 2.38 bits per heavy atom. The SMILES string of the molecule is Cc1ccc(S(=O)(=O)N2CCOCC2)cc1C(=O)OCc1ccc(C(C)C)cc1. The van der Waals surface area contributed by atoms with Gasteiger partial charge in [0, 0.05) is 13.1 Å². The summed E-state index contributed by atoms with van der Waals surface area (Å²) < 4.78 is 37.8. The van der Waals surface area contributed by atoms with Gasteiger partial charge in [0.15, 0.2) is 0 Å². The average molecular weight is 418 g/mol. The molecule has 1 aliphatic heterocycles. The van der Waals surface area contributed by atoms with E-state index in [1.807, 2.05) is 24.3 Å². The summed E-state index contributed by atoms with van der Waals surface area (Å²) in [6.45, 7) is 7.50. The van der Waals surface area contributed by atoms with Crippen LogP contribution in [0, 0.1) is 6.92 Å². The van der Waals surface area contributed by atoms with E-state index in [0.717, 1.165) is 5.56 Å². The summed E-state index contributed by atoms with van der Waals surface area (Å²) in [6, 6.07) is 12.5. The summed E-state index contributed by atoms with van der Waals surface area (Å²) in [7, 11) is -3.67. The second kappa shape index (κ2) is 9.07. The van der Waals surface area contributed by atoms with E-state index in [2.05, 4.69) is 13.8 Å². The summed E-state index contributed by atoms with van der Waals surface area (Å²) in [5.74, 6) is -0.0973. The van der Waals surface area contributed by atoms with E-state index in [1.165, 1.54) is 22.0 Å². The van der Waals surface area contributed by atoms with Crippen molar-refractivity contribution in [2.24, 2.45) is 0 Å². The Bertz CT molecular complexity index is 961. The molecule has 1 fully saturated rings. The minimum atomic E-state index is -3.67. The van der Waals surface area contributed by atoms with E-state index in [9.17, 15) is 13.2 Å². The topological polar surface area (TPSA) is 72.9 Å². The zero-order valence-electron chi connectivity index (χ0n) is 17.1. The Morgan fingerprint density at radius 2 is 1.76 bits per heavy atom. The maximum Gasteiger partial charge on any atom is 0.338 e. The molecule has 0 radical (unpaired) electrons. The van der Waals surface area contributed by atoms with Gasteiger partial charge in [0.25, 0.3) is 0 Å². The zero-order valence-corrected chi connectivity index (χ0v) is 17.9. The number of morpholine rings is 1. The molecule has 0 aromatic heterocycles. The fourth-order valence-corrected chi connectivity index (χ4v) is 4.58. The third-order valence-corrected chi connectivity index (χ3v) is 6.95. The van der Waals surface area contributed by atoms with Crippen LogP contribution in [0.1, 0.15) is 46.8 Å². The maximum absolute atomic E-state index is 12.9. The molecule has 0 bridgehead atoms. The molecule has 0 atom stereocenters. The number of nitrogens with zero attached hydrogens (tertiary/aromatic N) is 1. The van der Waals surface area contributed by atoms with Gasteiger partial charge in [-0.1, -0.05) is 44.2 Å². The number of esters is 1. The van der Waals surface area contributed by atoms with Gasteiger partial charge in [0.1, 0.15) is 6.61 Å². The largest absolute Gasteiger partial charge is 0.457 e. The minimum absolute atomic E-state index is 0.0956. The van der Waals surface area contributed by atoms with E-state index in [4.69, 9.17) is 9.47 Å². The second-order valence-corrected chi connectivity index (χ2v) is 9.40. The summed E-state index contributed by atoms with van der Waals surface area (Å²) in [6.07, 6.45) is 0. The number of benzene rings is 2. The molecule has 1 heterocycles. The lowest BCUT2D eigenvalue weighted by Crippen LogP contribution is -2.40. The summed E-state index contributed by atoms with van der Waals surface area (Å²) >= 11 is 0. The van der Waals surface area contributed by atoms with Crippen LogP contribution in [0.25, 0.3) is 0 Å². The highest BCUT2D eigenvalue weighted by atomic mass is 32.2. The molecule has 1 aliphatic rings. The highest BCUT2D eigenvalue weighted by molar-refractivity contribution is 7.89. The summed E-state index contributed by atoms with van der Waals surface area (Å²) in [4.78, 5) is 12.7. The van der Waals surface area contributed by atoms with Gasteiger partial charge >= 0.3 is 5.97 Å². The van der Waals surface area contributed by atoms with Crippen LogP contribution >= 0.6 is 0 Å². The van der Waals surface area contributed by atoms with Crippen molar-refractivity contribution in [1.29, 1.82) is 0 Å². The number of hydrogen-bond donors (Lipinski definition) is 0. The van der Waals surface area contributed by atoms with E-state index in [0.29, 0.717) is 37.8 Å². The molecule has 0 N–H and O–H groups in total. The highest BCUT2D eigenvalue weighted by Gasteiger charge is 2.27. The van der Waals surface area contributed by atoms with Crippen molar-refractivity contribution in [3.8, 4) is 0 Å². The highest BCUT2D eigenvalue weighted by Crippen LogP contribution is 2.22. The molecule has 29 heavy (non-hydrogen) atoms. The van der Waals surface area contributed by atoms with Crippen LogP contribution in [0.2, 0.25) is 0 Å². The smallest absolute Gasteiger partial charge is 0.338 e. The van der Waals surface area contributed by atoms with Gasteiger partial charge in [-0.05, 0) is 41.7 Å². The molecule has 0 saturated carbocycles. The number of carbonyl (C=O) groups is 1. The molecule has 0 spiro atoms. The fourth-order valence-electron chi connectivity index (χ4n) is 3.14. The molecule has 2 aromatic carbocycles. The van der Waals surface area contributed by atoms with Crippen molar-refractivity contribution in [3.05, 3.63) is 64.7 Å². The van der Waals surface area contributed by atoms with Crippen LogP contribution in [0.15, 0.2) is 47.4 Å². The van der Waals surface area contributed by atoms with Crippen molar-refractivity contribution >= 4 is 16.0 Å². The Labute approximate surface area is 172 Å². The first-order chi connectivity index (χ1) is 13.8. The number of ether oxygens (including phenoxy) is 2. The van der Waals surface area contributed by atoms with Crippen LogP contribution in [-0.2, 0) is 26.1 Å². The lowest BCUT2D eigenvalue weighted by molar-refractivity contribution is 0.0471. The van der Waals surface area contributed by atoms with Gasteiger partial charge in [-0.3, -0.25) is 0 Å². The lowest BCUT2D eigenvalue weighted by Gasteiger charge is -2.26. The Hall–Kier alpha value is -2.22. The standard InChI is InChI=1S/C22H27NO5S/c1-16(2)19-7-5-18(6-8-19)15-28-22(24)21-14-20(9-4-17(21)3)29(25,26)23-10-12-27-13-11-23/h4-9,14,16H,10-13,15H2,1-3H3. The molecular weight excluding hydrogens is 390 g/mol. The van der Waals surface area contributed by atoms with Gasteiger partial charge in [0.05, 0.1) is 23.7 Å². The normalized spacial score (nSPS) is 15.4. The molecule has 0 unspecified atom stereocenters. The quantitative estimate of drug-likeness (QED) is 0.673. The van der Waals surface area contributed by atoms with Gasteiger partial charge < -0.3 is 9.47 Å². The molecule has 1 saturated heterocycles. The number of carbonyl (C=O) groups excluding carboxylic acids is 1. The van der Waals surface area contributed by atoms with Gasteiger partial charge in [0.2, 0.25) is 10.0 Å². The van der Waals surface area contributed by atoms with Gasteiger partial charge in [-0.25, -0.2) is 13.2 Å². The lowest BCUT2D eigenvalue weighted by atomic mass is 10.0. The predicted molar refractivity (Wildman–Crippen MR) is 110 cm³/mol. The molecule has 0 amide bonds. The Balaban J connectivity index is 1.74. The first-order valence-electron chi connectivity index (χ1n) is 9.73. The molecular formula is C22H27NO5S. The Morgan fingerprint density at radius 1 is 1.10 bits per heavy atom. The summed E-state index contributed by atoms with van der Waals surface area (Å²) in [5.41, 5.74) is 3.04. The fraction of sp³-hybridized carbons (Fsp3) is 0.409. The minimum Gasteiger partial charge on any atom is -0.457 e. The molecule has 2 aromatic rings. The molecule has 3 rings (SSSR count). The van der Waals surface area contributed by atoms with Crippen LogP contribution in [-0.4, -0.2) is 45.0 Å². The van der Waals surface area contributed by atoms with Crippen LogP contribution in [0.3, 0.4) is 0 Å². The predicted octanol–water partition coefficient (Wildman–Crippen LogP) is 3.50. The summed E-state index contributed by atoms with van der Waals surface area (Å²) in [5, 5.41) is 0. The van der Waals surface area contributed by atoms with E-state index in [-0.39, 0.29) is 17.1 Å². The first kappa shape index (κ1) is 21.5. The number of hydrogen-bond acceptors (Lipinski definition) is 5. The third-order valence-electron chi connectivity index (χ3n) is 5.05. The first-order valence-corrected chi connectivity index (χ1v) is 11.2. The number of sulfonamides is 1. The zero-order chi connectivity index (χ0) is 21.0. The van der Waals surface area contributed by atoms with Crippen molar-refractivity contribution < 1.29 is 22.7 Å². The van der Waals surface area contributed by atoms with E-state index in [1.54, 1.807) is 13.0 Å². The van der Waals surface area contributed by atoms with E-state index < -0.39 is 16.0 Å². The van der Waals surface area contributed by atoms with Gasteiger partial charge in [-0.2, -0.15) is 4.31 Å². The van der Waals surface area contributed by atoms with Crippen LogP contribution < -0.4 is 0 Å². The second-order valence-electron chi connectivity index (χ2n) is 7.47. The van der Waals surface area contributed by atoms with E-state index >= 15 is 0 Å². The molecule has 6 nitrogen and oxygen atoms in total.